The fourth-order valence-electron chi connectivity index (χ4n) is 3.23. The molecule has 5 nitrogen and oxygen atoms in total. The molecular formula is C20H16N5+. The smallest absolute Gasteiger partial charge is 0.237 e. The monoisotopic (exact) mass is 326 g/mol. The van der Waals surface area contributed by atoms with Crippen LogP contribution in [0.4, 0.5) is 0 Å². The maximum Gasteiger partial charge on any atom is 0.237 e. The Balaban J connectivity index is 1.66. The van der Waals surface area contributed by atoms with Gasteiger partial charge in [0, 0.05) is 35.7 Å². The summed E-state index contributed by atoms with van der Waals surface area (Å²) in [5.41, 5.74) is 7.54. The van der Waals surface area contributed by atoms with Crippen LogP contribution in [0.1, 0.15) is 12.8 Å². The molecule has 5 heteroatoms. The van der Waals surface area contributed by atoms with Crippen LogP contribution in [0.5, 0.6) is 0 Å². The zero-order valence-corrected chi connectivity index (χ0v) is 13.6. The Kier molecular flexibility index (Phi) is 3.00. The van der Waals surface area contributed by atoms with Crippen molar-refractivity contribution >= 4 is 22.8 Å². The average Bonchev–Trinajstić information content (AvgIpc) is 3.36. The highest BCUT2D eigenvalue weighted by Crippen LogP contribution is 2.22. The Morgan fingerprint density at radius 2 is 1.48 bits per heavy atom. The van der Waals surface area contributed by atoms with Crippen LogP contribution in [-0.4, -0.2) is 27.5 Å². The fourth-order valence-corrected chi connectivity index (χ4v) is 3.23. The normalized spacial score (nSPS) is 23.3. The second-order valence-electron chi connectivity index (χ2n) is 6.31. The molecule has 5 aliphatic heterocycles. The first-order valence-electron chi connectivity index (χ1n) is 8.30. The van der Waals surface area contributed by atoms with Gasteiger partial charge in [-0.3, -0.25) is 4.99 Å². The van der Waals surface area contributed by atoms with Crippen LogP contribution < -0.4 is 5.84 Å². The lowest BCUT2D eigenvalue weighted by molar-refractivity contribution is -0.479. The van der Waals surface area contributed by atoms with Gasteiger partial charge in [-0.15, -0.1) is 0 Å². The largest absolute Gasteiger partial charge is 0.258 e. The van der Waals surface area contributed by atoms with Gasteiger partial charge >= 0.3 is 0 Å². The zero-order chi connectivity index (χ0) is 16.8. The molecule has 0 saturated carbocycles. The van der Waals surface area contributed by atoms with E-state index in [-0.39, 0.29) is 0 Å². The highest BCUT2D eigenvalue weighted by Gasteiger charge is 2.22. The average molecular weight is 326 g/mol. The maximum atomic E-state index is 6.24. The predicted octanol–water partition coefficient (Wildman–Crippen LogP) is 2.69. The number of aliphatic imine (C=N–C) groups is 3. The molecule has 120 valence electrons. The van der Waals surface area contributed by atoms with Crippen LogP contribution in [0.15, 0.2) is 98.5 Å². The zero-order valence-electron chi connectivity index (χ0n) is 13.6. The van der Waals surface area contributed by atoms with Crippen LogP contribution in [0.2, 0.25) is 0 Å². The van der Waals surface area contributed by atoms with Crippen molar-refractivity contribution in [3.8, 4) is 0 Å². The summed E-state index contributed by atoms with van der Waals surface area (Å²) in [6.07, 6.45) is 21.9. The van der Waals surface area contributed by atoms with Crippen LogP contribution in [0.25, 0.3) is 0 Å². The van der Waals surface area contributed by atoms with E-state index in [4.69, 9.17) is 10.8 Å². The Bertz CT molecular complexity index is 1030. The molecule has 0 aromatic carbocycles. The number of hydrazine groups is 1. The van der Waals surface area contributed by atoms with Gasteiger partial charge in [-0.2, -0.15) is 0 Å². The molecule has 25 heavy (non-hydrogen) atoms. The van der Waals surface area contributed by atoms with Crippen molar-refractivity contribution in [1.82, 2.24) is 0 Å². The Morgan fingerprint density at radius 1 is 0.720 bits per heavy atom. The number of hydrogen-bond donors (Lipinski definition) is 1. The first-order chi connectivity index (χ1) is 12.2. The van der Waals surface area contributed by atoms with Gasteiger partial charge in [-0.05, 0) is 49.3 Å². The molecule has 5 heterocycles. The molecule has 0 radical (unpaired) electrons. The molecule has 0 aromatic heterocycles. The van der Waals surface area contributed by atoms with Gasteiger partial charge < -0.3 is 0 Å². The third kappa shape index (κ3) is 2.59. The third-order valence-corrected chi connectivity index (χ3v) is 4.49. The second-order valence-corrected chi connectivity index (χ2v) is 6.31. The molecule has 0 unspecified atom stereocenters. The molecule has 0 atom stereocenters. The topological polar surface area (TPSA) is 66.1 Å². The van der Waals surface area contributed by atoms with E-state index in [1.165, 1.54) is 0 Å². The minimum absolute atomic E-state index is 0.877. The molecule has 0 amide bonds. The van der Waals surface area contributed by atoms with E-state index in [9.17, 15) is 0 Å². The van der Waals surface area contributed by atoms with E-state index >= 15 is 0 Å². The highest BCUT2D eigenvalue weighted by atomic mass is 15.3. The first-order valence-corrected chi connectivity index (χ1v) is 8.30. The molecule has 0 fully saturated rings. The van der Waals surface area contributed by atoms with Gasteiger partial charge in [0.25, 0.3) is 0 Å². The molecule has 0 spiro atoms. The van der Waals surface area contributed by atoms with Crippen LogP contribution in [0.3, 0.4) is 0 Å². The molecule has 8 bridgehead atoms. The summed E-state index contributed by atoms with van der Waals surface area (Å²) in [5, 5.41) is 0. The number of hydrazone groups is 1. The first kappa shape index (κ1) is 14.0. The fraction of sp³-hybridized carbons (Fsp3) is 0.100. The molecule has 0 saturated heterocycles. The van der Waals surface area contributed by atoms with E-state index in [1.807, 2.05) is 54.7 Å². The minimum atomic E-state index is 0.877. The Hall–Kier alpha value is -3.34. The SMILES string of the molecule is N[N+]1=C2C=CC1=CC1=NC(=CC3=NC(=CC4=NC(=C2)CC4)C=C3)C=C1. The second kappa shape index (κ2) is 5.34. The van der Waals surface area contributed by atoms with Crippen molar-refractivity contribution in [2.45, 2.75) is 12.8 Å². The summed E-state index contributed by atoms with van der Waals surface area (Å²) in [6, 6.07) is 0. The Morgan fingerprint density at radius 3 is 2.32 bits per heavy atom. The number of nitrogens with two attached hydrogens (primary N) is 1. The van der Waals surface area contributed by atoms with Crippen molar-refractivity contribution < 1.29 is 4.68 Å². The lowest BCUT2D eigenvalue weighted by Gasteiger charge is -1.94. The van der Waals surface area contributed by atoms with Gasteiger partial charge in [0.05, 0.1) is 22.8 Å². The van der Waals surface area contributed by atoms with Gasteiger partial charge in [0.15, 0.2) is 0 Å². The van der Waals surface area contributed by atoms with Gasteiger partial charge in [-0.25, -0.2) is 15.8 Å². The number of allylic oxidation sites excluding steroid dienone is 11. The third-order valence-electron chi connectivity index (χ3n) is 4.49. The quantitative estimate of drug-likeness (QED) is 0.540. The van der Waals surface area contributed by atoms with E-state index in [0.29, 0.717) is 0 Å². The Labute approximate surface area is 145 Å². The summed E-state index contributed by atoms with van der Waals surface area (Å²) in [4.78, 5) is 14.0. The van der Waals surface area contributed by atoms with Crippen molar-refractivity contribution in [3.05, 3.63) is 83.5 Å². The van der Waals surface area contributed by atoms with E-state index in [2.05, 4.69) is 16.1 Å². The molecular weight excluding hydrogens is 310 g/mol. The molecule has 5 rings (SSSR count). The van der Waals surface area contributed by atoms with Crippen LogP contribution >= 0.6 is 0 Å². The molecule has 0 aliphatic carbocycles. The van der Waals surface area contributed by atoms with E-state index in [1.54, 1.807) is 4.68 Å². The summed E-state index contributed by atoms with van der Waals surface area (Å²) in [5.74, 6) is 6.24. The highest BCUT2D eigenvalue weighted by molar-refractivity contribution is 6.12. The molecule has 0 aromatic rings. The lowest BCUT2D eigenvalue weighted by atomic mass is 10.2. The van der Waals surface area contributed by atoms with Gasteiger partial charge in [0.1, 0.15) is 0 Å². The predicted molar refractivity (Wildman–Crippen MR) is 101 cm³/mol. The number of rotatable bonds is 0. The number of fused-ring (bicyclic) bond motifs is 4. The van der Waals surface area contributed by atoms with Gasteiger partial charge in [-0.1, -0.05) is 4.68 Å². The summed E-state index contributed by atoms with van der Waals surface area (Å²) < 4.78 is 1.68. The summed E-state index contributed by atoms with van der Waals surface area (Å²) in [6.45, 7) is 0. The summed E-state index contributed by atoms with van der Waals surface area (Å²) >= 11 is 0. The van der Waals surface area contributed by atoms with Crippen LogP contribution in [0, 0.1) is 0 Å². The van der Waals surface area contributed by atoms with Crippen molar-refractivity contribution in [2.75, 3.05) is 0 Å². The lowest BCUT2D eigenvalue weighted by Crippen LogP contribution is -2.21. The molecule has 5 aliphatic rings. The van der Waals surface area contributed by atoms with Crippen molar-refractivity contribution in [2.24, 2.45) is 20.8 Å². The van der Waals surface area contributed by atoms with Gasteiger partial charge in [0.2, 0.25) is 11.4 Å². The van der Waals surface area contributed by atoms with Crippen molar-refractivity contribution in [1.29, 1.82) is 0 Å². The van der Waals surface area contributed by atoms with Crippen LogP contribution in [-0.2, 0) is 0 Å². The molecule has 2 N–H and O–H groups in total. The minimum Gasteiger partial charge on any atom is -0.258 e. The standard InChI is InChI=1S/C20H16N5/c21-25-19-7-8-20(25)12-18-6-4-16(24-18)10-14-2-1-13(22-14)9-15-3-5-17(11-19)23-15/h1-3,5,7-12H,4,6,21H2/q+1. The van der Waals surface area contributed by atoms with E-state index in [0.717, 1.165) is 58.5 Å². The maximum absolute atomic E-state index is 6.24. The van der Waals surface area contributed by atoms with E-state index < -0.39 is 0 Å². The number of hydrogen-bond acceptors (Lipinski definition) is 4. The van der Waals surface area contributed by atoms with Crippen molar-refractivity contribution in [3.63, 3.8) is 0 Å². The summed E-state index contributed by atoms with van der Waals surface area (Å²) in [7, 11) is 0. The number of nitrogens with zero attached hydrogens (tertiary/aromatic N) is 4.